The molecule has 2 aromatic carbocycles. The van der Waals surface area contributed by atoms with E-state index in [1.54, 1.807) is 7.11 Å². The summed E-state index contributed by atoms with van der Waals surface area (Å²) in [6, 6.07) is 17.6. The monoisotopic (exact) mass is 297 g/mol. The molecular weight excluding hydrogens is 278 g/mol. The van der Waals surface area contributed by atoms with Gasteiger partial charge >= 0.3 is 5.97 Å². The van der Waals surface area contributed by atoms with E-state index in [0.717, 1.165) is 17.0 Å². The van der Waals surface area contributed by atoms with E-state index in [1.165, 1.54) is 0 Å². The normalized spacial score (nSPS) is 19.6. The molecule has 1 fully saturated rings. The van der Waals surface area contributed by atoms with Gasteiger partial charge in [0, 0.05) is 5.69 Å². The van der Waals surface area contributed by atoms with Crippen molar-refractivity contribution in [1.82, 2.24) is 0 Å². The van der Waals surface area contributed by atoms with E-state index < -0.39 is 0 Å². The van der Waals surface area contributed by atoms with E-state index in [-0.39, 0.29) is 18.1 Å². The molecule has 0 unspecified atom stereocenters. The van der Waals surface area contributed by atoms with Gasteiger partial charge in [-0.1, -0.05) is 30.3 Å². The molecule has 0 amide bonds. The van der Waals surface area contributed by atoms with Crippen molar-refractivity contribution in [3.8, 4) is 5.75 Å². The molecule has 4 heteroatoms. The van der Waals surface area contributed by atoms with Crippen LogP contribution in [-0.4, -0.2) is 25.7 Å². The highest BCUT2D eigenvalue weighted by Crippen LogP contribution is 2.47. The summed E-state index contributed by atoms with van der Waals surface area (Å²) in [6.45, 7) is 2.23. The fraction of sp³-hybridized carbons (Fsp3) is 0.278. The smallest absolute Gasteiger partial charge is 0.331 e. The Balaban J connectivity index is 1.88. The topological polar surface area (TPSA) is 38.5 Å². The molecule has 1 aliphatic heterocycles. The summed E-state index contributed by atoms with van der Waals surface area (Å²) in [4.78, 5) is 14.3. The number of methoxy groups -OCH3 is 1. The molecule has 2 aromatic rings. The summed E-state index contributed by atoms with van der Waals surface area (Å²) in [6.07, 6.45) is 0. The van der Waals surface area contributed by atoms with Crippen LogP contribution in [0.3, 0.4) is 0 Å². The second-order valence-corrected chi connectivity index (χ2v) is 5.16. The predicted molar refractivity (Wildman–Crippen MR) is 85.1 cm³/mol. The van der Waals surface area contributed by atoms with Gasteiger partial charge in [0.05, 0.1) is 19.8 Å². The van der Waals surface area contributed by atoms with Crippen LogP contribution < -0.4 is 9.64 Å². The first-order valence-electron chi connectivity index (χ1n) is 7.40. The summed E-state index contributed by atoms with van der Waals surface area (Å²) < 4.78 is 10.4. The lowest BCUT2D eigenvalue weighted by molar-refractivity contribution is -0.142. The third-order valence-corrected chi connectivity index (χ3v) is 3.85. The number of carbonyl (C=O) groups excluding carboxylic acids is 1. The molecule has 0 aliphatic carbocycles. The first kappa shape index (κ1) is 14.4. The second-order valence-electron chi connectivity index (χ2n) is 5.16. The first-order valence-corrected chi connectivity index (χ1v) is 7.40. The van der Waals surface area contributed by atoms with E-state index in [4.69, 9.17) is 9.47 Å². The highest BCUT2D eigenvalue weighted by Gasteiger charge is 2.54. The van der Waals surface area contributed by atoms with Crippen molar-refractivity contribution in [2.75, 3.05) is 18.6 Å². The molecule has 0 spiro atoms. The zero-order valence-corrected chi connectivity index (χ0v) is 12.7. The Kier molecular flexibility index (Phi) is 4.00. The lowest BCUT2D eigenvalue weighted by Crippen LogP contribution is -2.15. The highest BCUT2D eigenvalue weighted by molar-refractivity contribution is 5.89. The van der Waals surface area contributed by atoms with Crippen molar-refractivity contribution < 1.29 is 14.3 Å². The number of esters is 1. The molecule has 0 bridgehead atoms. The quantitative estimate of drug-likeness (QED) is 0.627. The number of carbonyl (C=O) groups is 1. The first-order chi connectivity index (χ1) is 10.8. The van der Waals surface area contributed by atoms with Gasteiger partial charge in [-0.15, -0.1) is 0 Å². The number of nitrogens with zero attached hydrogens (tertiary/aromatic N) is 1. The van der Waals surface area contributed by atoms with E-state index in [9.17, 15) is 4.79 Å². The van der Waals surface area contributed by atoms with Crippen molar-refractivity contribution in [3.05, 3.63) is 60.2 Å². The largest absolute Gasteiger partial charge is 0.497 e. The molecule has 3 rings (SSSR count). The molecule has 2 atom stereocenters. The summed E-state index contributed by atoms with van der Waals surface area (Å²) in [5.74, 6) is 0.627. The van der Waals surface area contributed by atoms with Gasteiger partial charge < -0.3 is 14.4 Å². The Hall–Kier alpha value is -2.49. The van der Waals surface area contributed by atoms with Crippen LogP contribution in [0.15, 0.2) is 54.6 Å². The maximum absolute atomic E-state index is 12.2. The maximum atomic E-state index is 12.2. The number of benzene rings is 2. The van der Waals surface area contributed by atoms with Crippen LogP contribution in [-0.2, 0) is 9.53 Å². The Labute approximate surface area is 130 Å². The van der Waals surface area contributed by atoms with Gasteiger partial charge in [-0.25, -0.2) is 4.79 Å². The third kappa shape index (κ3) is 2.64. The van der Waals surface area contributed by atoms with E-state index in [2.05, 4.69) is 4.90 Å². The standard InChI is InChI=1S/C18H19NO3/c1-3-22-18(20)17-16(13-7-5-4-6-8-13)19(17)14-9-11-15(21-2)12-10-14/h4-12,16-17H,3H2,1-2H3/t16-,17+,19?/m1/s1. The Bertz CT molecular complexity index is 639. The van der Waals surface area contributed by atoms with Crippen molar-refractivity contribution in [2.45, 2.75) is 19.0 Å². The molecule has 0 radical (unpaired) electrons. The van der Waals surface area contributed by atoms with Gasteiger partial charge in [-0.2, -0.15) is 0 Å². The SMILES string of the molecule is CCOC(=O)[C@@H]1[C@@H](c2ccccc2)N1c1ccc(OC)cc1. The number of rotatable bonds is 5. The van der Waals surface area contributed by atoms with Gasteiger partial charge in [0.2, 0.25) is 0 Å². The number of hydrogen-bond acceptors (Lipinski definition) is 4. The summed E-state index contributed by atoms with van der Waals surface area (Å²) in [5.41, 5.74) is 2.11. The van der Waals surface area contributed by atoms with Crippen molar-refractivity contribution in [2.24, 2.45) is 0 Å². The van der Waals surface area contributed by atoms with Gasteiger partial charge in [-0.05, 0) is 36.8 Å². The van der Waals surface area contributed by atoms with Crippen LogP contribution in [0.5, 0.6) is 5.75 Å². The van der Waals surface area contributed by atoms with Gasteiger partial charge in [0.25, 0.3) is 0 Å². The minimum Gasteiger partial charge on any atom is -0.497 e. The maximum Gasteiger partial charge on any atom is 0.331 e. The van der Waals surface area contributed by atoms with Gasteiger partial charge in [-0.3, -0.25) is 0 Å². The van der Waals surface area contributed by atoms with Crippen molar-refractivity contribution >= 4 is 11.7 Å². The Morgan fingerprint density at radius 1 is 1.09 bits per heavy atom. The van der Waals surface area contributed by atoms with Gasteiger partial charge in [0.15, 0.2) is 6.04 Å². The van der Waals surface area contributed by atoms with Crippen molar-refractivity contribution in [1.29, 1.82) is 0 Å². The molecule has 1 saturated heterocycles. The van der Waals surface area contributed by atoms with Crippen LogP contribution >= 0.6 is 0 Å². The van der Waals surface area contributed by atoms with Gasteiger partial charge in [0.1, 0.15) is 5.75 Å². The van der Waals surface area contributed by atoms with Crippen LogP contribution in [0, 0.1) is 0 Å². The molecule has 1 aliphatic rings. The average Bonchev–Trinajstić information content (AvgIpc) is 3.32. The third-order valence-electron chi connectivity index (χ3n) is 3.85. The zero-order chi connectivity index (χ0) is 15.5. The zero-order valence-electron chi connectivity index (χ0n) is 12.7. The van der Waals surface area contributed by atoms with E-state index in [1.807, 2.05) is 61.5 Å². The predicted octanol–water partition coefficient (Wildman–Crippen LogP) is 3.19. The lowest BCUT2D eigenvalue weighted by Gasteiger charge is -2.07. The minimum absolute atomic E-state index is 0.0358. The molecule has 0 saturated carbocycles. The molecule has 0 aromatic heterocycles. The van der Waals surface area contributed by atoms with Crippen LogP contribution in [0.2, 0.25) is 0 Å². The van der Waals surface area contributed by atoms with Crippen molar-refractivity contribution in [3.63, 3.8) is 0 Å². The summed E-state index contributed by atoms with van der Waals surface area (Å²) in [7, 11) is 1.64. The van der Waals surface area contributed by atoms with Crippen LogP contribution in [0.4, 0.5) is 5.69 Å². The molecule has 1 heterocycles. The van der Waals surface area contributed by atoms with E-state index in [0.29, 0.717) is 6.61 Å². The molecular formula is C18H19NO3. The molecule has 0 N–H and O–H groups in total. The minimum atomic E-state index is -0.254. The number of ether oxygens (including phenoxy) is 2. The number of hydrogen-bond donors (Lipinski definition) is 0. The summed E-state index contributed by atoms with van der Waals surface area (Å²) >= 11 is 0. The summed E-state index contributed by atoms with van der Waals surface area (Å²) in [5, 5.41) is 0. The molecule has 22 heavy (non-hydrogen) atoms. The van der Waals surface area contributed by atoms with Crippen LogP contribution in [0.25, 0.3) is 0 Å². The Morgan fingerprint density at radius 3 is 2.36 bits per heavy atom. The Morgan fingerprint density at radius 2 is 1.77 bits per heavy atom. The average molecular weight is 297 g/mol. The lowest BCUT2D eigenvalue weighted by atomic mass is 10.1. The molecule has 4 nitrogen and oxygen atoms in total. The fourth-order valence-electron chi connectivity index (χ4n) is 2.77. The highest BCUT2D eigenvalue weighted by atomic mass is 16.5. The second kappa shape index (κ2) is 6.10. The number of anilines is 1. The molecule has 114 valence electrons. The van der Waals surface area contributed by atoms with Crippen LogP contribution in [0.1, 0.15) is 18.5 Å². The van der Waals surface area contributed by atoms with E-state index >= 15 is 0 Å². The fourth-order valence-corrected chi connectivity index (χ4v) is 2.77.